The smallest absolute Gasteiger partial charge is 0.410 e. The van der Waals surface area contributed by atoms with Crippen molar-refractivity contribution in [3.05, 3.63) is 52.0 Å². The van der Waals surface area contributed by atoms with E-state index in [1.807, 2.05) is 18.4 Å². The van der Waals surface area contributed by atoms with Gasteiger partial charge in [-0.1, -0.05) is 6.07 Å². The molecule has 26 heavy (non-hydrogen) atoms. The summed E-state index contributed by atoms with van der Waals surface area (Å²) in [4.78, 5) is 15.1. The van der Waals surface area contributed by atoms with E-state index in [0.717, 1.165) is 19.5 Å². The van der Waals surface area contributed by atoms with Gasteiger partial charge in [-0.3, -0.25) is 0 Å². The first-order valence-corrected chi connectivity index (χ1v) is 9.59. The first kappa shape index (κ1) is 18.7. The minimum absolute atomic E-state index is 0.0630. The minimum Gasteiger partial charge on any atom is -0.493 e. The number of ether oxygens (including phenoxy) is 2. The molecule has 1 atom stereocenters. The highest BCUT2D eigenvalue weighted by molar-refractivity contribution is 7.09. The molecule has 0 spiro atoms. The van der Waals surface area contributed by atoms with Gasteiger partial charge in [-0.2, -0.15) is 0 Å². The second kappa shape index (κ2) is 9.00. The van der Waals surface area contributed by atoms with E-state index >= 15 is 0 Å². The second-order valence-electron chi connectivity index (χ2n) is 6.23. The lowest BCUT2D eigenvalue weighted by Gasteiger charge is -2.33. The monoisotopic (exact) mass is 378 g/mol. The summed E-state index contributed by atoms with van der Waals surface area (Å²) in [6, 6.07) is 8.65. The largest absolute Gasteiger partial charge is 0.493 e. The van der Waals surface area contributed by atoms with Gasteiger partial charge in [0.15, 0.2) is 0 Å². The number of benzene rings is 1. The molecule has 1 aromatic heterocycles. The van der Waals surface area contributed by atoms with Gasteiger partial charge in [0.1, 0.15) is 18.2 Å². The number of carbonyl (C=O) groups is 1. The van der Waals surface area contributed by atoms with Crippen LogP contribution in [0.4, 0.5) is 9.18 Å². The molecule has 1 aromatic carbocycles. The zero-order valence-corrected chi connectivity index (χ0v) is 15.6. The van der Waals surface area contributed by atoms with Gasteiger partial charge in [-0.15, -0.1) is 11.3 Å². The van der Waals surface area contributed by atoms with Crippen LogP contribution in [0.15, 0.2) is 35.7 Å². The van der Waals surface area contributed by atoms with Crippen LogP contribution in [0.1, 0.15) is 17.4 Å². The normalized spacial score (nSPS) is 17.2. The zero-order chi connectivity index (χ0) is 18.4. The maximum absolute atomic E-state index is 14.0. The average molecular weight is 378 g/mol. The fourth-order valence-electron chi connectivity index (χ4n) is 2.81. The van der Waals surface area contributed by atoms with E-state index in [2.05, 4.69) is 11.4 Å². The lowest BCUT2D eigenvalue weighted by atomic mass is 10.2. The van der Waals surface area contributed by atoms with Crippen molar-refractivity contribution in [2.75, 3.05) is 26.2 Å². The Morgan fingerprint density at radius 3 is 3.08 bits per heavy atom. The highest BCUT2D eigenvalue weighted by Crippen LogP contribution is 2.19. The van der Waals surface area contributed by atoms with Gasteiger partial charge in [-0.05, 0) is 36.6 Å². The van der Waals surface area contributed by atoms with Crippen molar-refractivity contribution in [2.24, 2.45) is 0 Å². The molecule has 1 saturated heterocycles. The van der Waals surface area contributed by atoms with E-state index in [1.165, 1.54) is 10.9 Å². The summed E-state index contributed by atoms with van der Waals surface area (Å²) in [6.07, 6.45) is 0.391. The van der Waals surface area contributed by atoms with Gasteiger partial charge >= 0.3 is 6.09 Å². The Labute approximate surface area is 156 Å². The molecule has 140 valence electrons. The number of hydrogen-bond acceptors (Lipinski definition) is 5. The molecular weight excluding hydrogens is 355 g/mol. The molecule has 0 radical (unpaired) electrons. The first-order valence-electron chi connectivity index (χ1n) is 8.71. The molecule has 1 amide bonds. The quantitative estimate of drug-likeness (QED) is 0.837. The number of thiophene rings is 1. The van der Waals surface area contributed by atoms with Crippen molar-refractivity contribution in [1.82, 2.24) is 10.2 Å². The van der Waals surface area contributed by atoms with Gasteiger partial charge in [0.2, 0.25) is 0 Å². The highest BCUT2D eigenvalue weighted by atomic mass is 32.1. The van der Waals surface area contributed by atoms with Crippen LogP contribution >= 0.6 is 11.3 Å². The highest BCUT2D eigenvalue weighted by Gasteiger charge is 2.24. The number of piperazine rings is 1. The lowest BCUT2D eigenvalue weighted by Crippen LogP contribution is -2.52. The van der Waals surface area contributed by atoms with E-state index in [9.17, 15) is 9.18 Å². The number of nitrogens with zero attached hydrogens (tertiary/aromatic N) is 1. The van der Waals surface area contributed by atoms with E-state index < -0.39 is 11.9 Å². The molecule has 7 heteroatoms. The van der Waals surface area contributed by atoms with Crippen LogP contribution in [0, 0.1) is 5.82 Å². The fourth-order valence-corrected chi connectivity index (χ4v) is 3.50. The zero-order valence-electron chi connectivity index (χ0n) is 14.7. The fraction of sp³-hybridized carbons (Fsp3) is 0.421. The van der Waals surface area contributed by atoms with Crippen molar-refractivity contribution < 1.29 is 18.7 Å². The molecule has 1 aliphatic heterocycles. The Morgan fingerprint density at radius 2 is 2.31 bits per heavy atom. The van der Waals surface area contributed by atoms with Crippen LogP contribution in [-0.4, -0.2) is 43.3 Å². The molecule has 2 heterocycles. The molecule has 3 rings (SSSR count). The second-order valence-corrected chi connectivity index (χ2v) is 7.26. The third kappa shape index (κ3) is 4.95. The number of rotatable bonds is 6. The first-order chi connectivity index (χ1) is 12.6. The molecule has 0 unspecified atom stereocenters. The van der Waals surface area contributed by atoms with Gasteiger partial charge < -0.3 is 19.7 Å². The van der Waals surface area contributed by atoms with Crippen molar-refractivity contribution in [3.8, 4) is 5.75 Å². The van der Waals surface area contributed by atoms with Crippen LogP contribution < -0.4 is 10.1 Å². The summed E-state index contributed by atoms with van der Waals surface area (Å²) < 4.78 is 25.0. The third-order valence-electron chi connectivity index (χ3n) is 4.30. The molecule has 2 aromatic rings. The number of nitrogens with one attached hydrogen (secondary N) is 1. The third-order valence-corrected chi connectivity index (χ3v) is 5.24. The van der Waals surface area contributed by atoms with Crippen LogP contribution in [-0.2, 0) is 17.8 Å². The van der Waals surface area contributed by atoms with Crippen molar-refractivity contribution in [3.63, 3.8) is 0 Å². The lowest BCUT2D eigenvalue weighted by molar-refractivity contribution is 0.0751. The Morgan fingerprint density at radius 1 is 1.42 bits per heavy atom. The molecule has 5 nitrogen and oxygen atoms in total. The Balaban J connectivity index is 1.52. The summed E-state index contributed by atoms with van der Waals surface area (Å²) in [5, 5.41) is 5.24. The Bertz CT molecular complexity index is 724. The Hall–Kier alpha value is -2.12. The predicted molar refractivity (Wildman–Crippen MR) is 99.1 cm³/mol. The van der Waals surface area contributed by atoms with E-state index in [-0.39, 0.29) is 12.6 Å². The summed E-state index contributed by atoms with van der Waals surface area (Å²) in [5.74, 6) is 0.168. The van der Waals surface area contributed by atoms with E-state index in [1.54, 1.807) is 28.4 Å². The molecule has 1 fully saturated rings. The maximum atomic E-state index is 14.0. The number of carbonyl (C=O) groups excluding carboxylic acids is 1. The minimum atomic E-state index is -0.414. The summed E-state index contributed by atoms with van der Waals surface area (Å²) >= 11 is 1.68. The van der Waals surface area contributed by atoms with Crippen molar-refractivity contribution >= 4 is 17.4 Å². The van der Waals surface area contributed by atoms with Crippen LogP contribution in [0.3, 0.4) is 0 Å². The van der Waals surface area contributed by atoms with Gasteiger partial charge in [-0.25, -0.2) is 9.18 Å². The van der Waals surface area contributed by atoms with Crippen LogP contribution in [0.2, 0.25) is 0 Å². The topological polar surface area (TPSA) is 50.8 Å². The predicted octanol–water partition coefficient (Wildman–Crippen LogP) is 3.44. The van der Waals surface area contributed by atoms with Gasteiger partial charge in [0.25, 0.3) is 0 Å². The van der Waals surface area contributed by atoms with E-state index in [4.69, 9.17) is 9.47 Å². The van der Waals surface area contributed by atoms with Gasteiger partial charge in [0, 0.05) is 42.5 Å². The summed E-state index contributed by atoms with van der Waals surface area (Å²) in [6.45, 7) is 4.43. The number of halogens is 1. The average Bonchev–Trinajstić information content (AvgIpc) is 3.15. The number of hydrogen-bond donors (Lipinski definition) is 1. The molecule has 1 aliphatic rings. The maximum Gasteiger partial charge on any atom is 0.410 e. The number of amides is 1. The SMILES string of the molecule is C[C@@H]1CNCCN1C(=O)OCc1cc(OCCc2cccs2)ccc1F. The van der Waals surface area contributed by atoms with Crippen LogP contribution in [0.25, 0.3) is 0 Å². The molecule has 0 saturated carbocycles. The van der Waals surface area contributed by atoms with E-state index in [0.29, 0.717) is 24.5 Å². The van der Waals surface area contributed by atoms with Gasteiger partial charge in [0.05, 0.1) is 6.61 Å². The van der Waals surface area contributed by atoms with Crippen LogP contribution in [0.5, 0.6) is 5.75 Å². The molecule has 0 aliphatic carbocycles. The molecule has 1 N–H and O–H groups in total. The standard InChI is InChI=1S/C19H23FN2O3S/c1-14-12-21-7-8-22(14)19(23)25-13-15-11-16(4-5-18(15)20)24-9-6-17-3-2-10-26-17/h2-5,10-11,14,21H,6-9,12-13H2,1H3/t14-/m1/s1. The van der Waals surface area contributed by atoms with Crippen molar-refractivity contribution in [1.29, 1.82) is 0 Å². The summed E-state index contributed by atoms with van der Waals surface area (Å²) in [7, 11) is 0. The molecule has 0 bridgehead atoms. The Kier molecular flexibility index (Phi) is 6.46. The van der Waals surface area contributed by atoms with Crippen molar-refractivity contribution in [2.45, 2.75) is 26.0 Å². The molecular formula is C19H23FN2O3S. The summed E-state index contributed by atoms with van der Waals surface area (Å²) in [5.41, 5.74) is 0.315.